The van der Waals surface area contributed by atoms with Gasteiger partial charge in [-0.3, -0.25) is 4.79 Å². The van der Waals surface area contributed by atoms with Gasteiger partial charge in [-0.1, -0.05) is 12.1 Å². The Bertz CT molecular complexity index is 546. The van der Waals surface area contributed by atoms with Crippen LogP contribution < -0.4 is 0 Å². The molecule has 18 heavy (non-hydrogen) atoms. The largest absolute Gasteiger partial charge is 0.481 e. The Hall–Kier alpha value is -2.30. The van der Waals surface area contributed by atoms with Crippen LogP contribution in [-0.4, -0.2) is 21.0 Å². The summed E-state index contributed by atoms with van der Waals surface area (Å²) in [5.41, 5.74) is 1.16. The summed E-state index contributed by atoms with van der Waals surface area (Å²) in [5.74, 6) is -1.82. The van der Waals surface area contributed by atoms with E-state index in [1.54, 1.807) is 18.2 Å². The predicted molar refractivity (Wildman–Crippen MR) is 62.5 cm³/mol. The first-order valence-corrected chi connectivity index (χ1v) is 5.40. The van der Waals surface area contributed by atoms with E-state index in [-0.39, 0.29) is 6.42 Å². The molecule has 1 N–H and O–H groups in total. The molecule has 0 aliphatic carbocycles. The number of carbonyl (C=O) groups is 1. The van der Waals surface area contributed by atoms with Gasteiger partial charge >= 0.3 is 5.97 Å². The van der Waals surface area contributed by atoms with Gasteiger partial charge < -0.3 is 5.11 Å². The SMILES string of the molecule is O=C(O)CC(c1cccc(F)c1)c1ccncn1. The monoisotopic (exact) mass is 246 g/mol. The molecule has 0 saturated heterocycles. The maximum atomic E-state index is 13.2. The molecule has 0 bridgehead atoms. The number of nitrogens with zero attached hydrogens (tertiary/aromatic N) is 2. The van der Waals surface area contributed by atoms with Gasteiger partial charge in [0.1, 0.15) is 12.1 Å². The fourth-order valence-corrected chi connectivity index (χ4v) is 1.80. The Morgan fingerprint density at radius 1 is 1.39 bits per heavy atom. The van der Waals surface area contributed by atoms with E-state index in [9.17, 15) is 9.18 Å². The van der Waals surface area contributed by atoms with Gasteiger partial charge in [-0.25, -0.2) is 14.4 Å². The molecule has 92 valence electrons. The lowest BCUT2D eigenvalue weighted by Gasteiger charge is -2.14. The van der Waals surface area contributed by atoms with Gasteiger partial charge in [-0.05, 0) is 23.8 Å². The van der Waals surface area contributed by atoms with E-state index in [4.69, 9.17) is 5.11 Å². The number of hydrogen-bond acceptors (Lipinski definition) is 3. The molecule has 0 fully saturated rings. The van der Waals surface area contributed by atoms with E-state index in [1.807, 2.05) is 0 Å². The molecule has 1 atom stereocenters. The third-order valence-electron chi connectivity index (χ3n) is 2.59. The molecule has 2 aromatic rings. The van der Waals surface area contributed by atoms with Crippen molar-refractivity contribution in [3.63, 3.8) is 0 Å². The van der Waals surface area contributed by atoms with Gasteiger partial charge in [0, 0.05) is 12.1 Å². The van der Waals surface area contributed by atoms with Crippen LogP contribution in [0.5, 0.6) is 0 Å². The van der Waals surface area contributed by atoms with Crippen molar-refractivity contribution in [2.24, 2.45) is 0 Å². The number of hydrogen-bond donors (Lipinski definition) is 1. The normalized spacial score (nSPS) is 12.1. The van der Waals surface area contributed by atoms with Crippen molar-refractivity contribution >= 4 is 5.97 Å². The number of carboxylic acids is 1. The van der Waals surface area contributed by atoms with Crippen LogP contribution in [0.15, 0.2) is 42.9 Å². The first kappa shape index (κ1) is 12.2. The molecule has 1 aromatic carbocycles. The Kier molecular flexibility index (Phi) is 3.62. The van der Waals surface area contributed by atoms with Crippen LogP contribution in [0.1, 0.15) is 23.6 Å². The average Bonchev–Trinajstić information content (AvgIpc) is 2.37. The summed E-state index contributed by atoms with van der Waals surface area (Å²) in [5, 5.41) is 8.94. The lowest BCUT2D eigenvalue weighted by atomic mass is 9.92. The van der Waals surface area contributed by atoms with Crippen molar-refractivity contribution in [3.05, 3.63) is 59.9 Å². The number of halogens is 1. The van der Waals surface area contributed by atoms with Gasteiger partial charge in [0.2, 0.25) is 0 Å². The average molecular weight is 246 g/mol. The van der Waals surface area contributed by atoms with E-state index in [1.165, 1.54) is 24.7 Å². The first-order valence-electron chi connectivity index (χ1n) is 5.40. The minimum absolute atomic E-state index is 0.138. The van der Waals surface area contributed by atoms with Crippen molar-refractivity contribution in [1.82, 2.24) is 9.97 Å². The van der Waals surface area contributed by atoms with E-state index < -0.39 is 17.7 Å². The molecule has 5 heteroatoms. The summed E-state index contributed by atoms with van der Waals surface area (Å²) in [4.78, 5) is 18.7. The van der Waals surface area contributed by atoms with Gasteiger partial charge in [0.05, 0.1) is 12.1 Å². The number of aromatic nitrogens is 2. The molecule has 0 aliphatic heterocycles. The molecule has 0 amide bonds. The fraction of sp³-hybridized carbons (Fsp3) is 0.154. The molecule has 0 saturated carbocycles. The highest BCUT2D eigenvalue weighted by Gasteiger charge is 2.19. The summed E-state index contributed by atoms with van der Waals surface area (Å²) in [6.45, 7) is 0. The zero-order chi connectivity index (χ0) is 13.0. The second-order valence-corrected chi connectivity index (χ2v) is 3.84. The summed E-state index contributed by atoms with van der Waals surface area (Å²) in [6.07, 6.45) is 2.75. The van der Waals surface area contributed by atoms with Gasteiger partial charge in [-0.15, -0.1) is 0 Å². The molecule has 4 nitrogen and oxygen atoms in total. The van der Waals surface area contributed by atoms with Crippen molar-refractivity contribution < 1.29 is 14.3 Å². The van der Waals surface area contributed by atoms with E-state index in [2.05, 4.69) is 9.97 Å². The minimum Gasteiger partial charge on any atom is -0.481 e. The summed E-state index contributed by atoms with van der Waals surface area (Å²) in [6, 6.07) is 7.54. The number of aliphatic carboxylic acids is 1. The Morgan fingerprint density at radius 2 is 2.22 bits per heavy atom. The fourth-order valence-electron chi connectivity index (χ4n) is 1.80. The van der Waals surface area contributed by atoms with Crippen LogP contribution >= 0.6 is 0 Å². The quantitative estimate of drug-likeness (QED) is 0.898. The van der Waals surface area contributed by atoms with Gasteiger partial charge in [0.25, 0.3) is 0 Å². The summed E-state index contributed by atoms with van der Waals surface area (Å²) >= 11 is 0. The predicted octanol–water partition coefficient (Wildman–Crippen LogP) is 2.22. The van der Waals surface area contributed by atoms with Crippen molar-refractivity contribution in [2.45, 2.75) is 12.3 Å². The molecular weight excluding hydrogens is 235 g/mol. The van der Waals surface area contributed by atoms with Crippen molar-refractivity contribution in [2.75, 3.05) is 0 Å². The number of benzene rings is 1. The maximum Gasteiger partial charge on any atom is 0.304 e. The first-order chi connectivity index (χ1) is 8.66. The van der Waals surface area contributed by atoms with Crippen LogP contribution in [0.2, 0.25) is 0 Å². The van der Waals surface area contributed by atoms with Crippen LogP contribution in [0.4, 0.5) is 4.39 Å². The lowest BCUT2D eigenvalue weighted by Crippen LogP contribution is -2.09. The standard InChI is InChI=1S/C13H11FN2O2/c14-10-3-1-2-9(6-10)11(7-13(17)18)12-4-5-15-8-16-12/h1-6,8,11H,7H2,(H,17,18). The van der Waals surface area contributed by atoms with Gasteiger partial charge in [0.15, 0.2) is 0 Å². The smallest absolute Gasteiger partial charge is 0.304 e. The molecule has 1 aromatic heterocycles. The number of carboxylic acid groups (broad SMARTS) is 1. The third-order valence-corrected chi connectivity index (χ3v) is 2.59. The van der Waals surface area contributed by atoms with Gasteiger partial charge in [-0.2, -0.15) is 0 Å². The zero-order valence-electron chi connectivity index (χ0n) is 9.45. The molecule has 0 aliphatic rings. The minimum atomic E-state index is -0.956. The second-order valence-electron chi connectivity index (χ2n) is 3.84. The molecule has 0 spiro atoms. The highest BCUT2D eigenvalue weighted by Crippen LogP contribution is 2.26. The number of rotatable bonds is 4. The molecule has 1 unspecified atom stereocenters. The van der Waals surface area contributed by atoms with Crippen molar-refractivity contribution in [1.29, 1.82) is 0 Å². The summed E-state index contributed by atoms with van der Waals surface area (Å²) in [7, 11) is 0. The van der Waals surface area contributed by atoms with Crippen LogP contribution in [0.3, 0.4) is 0 Å². The second kappa shape index (κ2) is 5.35. The van der Waals surface area contributed by atoms with E-state index in [0.29, 0.717) is 11.3 Å². The molecule has 0 radical (unpaired) electrons. The third kappa shape index (κ3) is 2.88. The highest BCUT2D eigenvalue weighted by molar-refractivity contribution is 5.68. The Morgan fingerprint density at radius 3 is 2.83 bits per heavy atom. The van der Waals surface area contributed by atoms with E-state index >= 15 is 0 Å². The maximum absolute atomic E-state index is 13.2. The highest BCUT2D eigenvalue weighted by atomic mass is 19.1. The molecule has 1 heterocycles. The van der Waals surface area contributed by atoms with Crippen LogP contribution in [0.25, 0.3) is 0 Å². The van der Waals surface area contributed by atoms with Crippen LogP contribution in [-0.2, 0) is 4.79 Å². The molecular formula is C13H11FN2O2. The Balaban J connectivity index is 2.40. The Labute approximate surface area is 103 Å². The zero-order valence-corrected chi connectivity index (χ0v) is 9.45. The van der Waals surface area contributed by atoms with Crippen LogP contribution in [0, 0.1) is 5.82 Å². The van der Waals surface area contributed by atoms with E-state index in [0.717, 1.165) is 0 Å². The van der Waals surface area contributed by atoms with Crippen molar-refractivity contribution in [3.8, 4) is 0 Å². The lowest BCUT2D eigenvalue weighted by molar-refractivity contribution is -0.137. The molecule has 2 rings (SSSR count). The topological polar surface area (TPSA) is 63.1 Å². The summed E-state index contributed by atoms with van der Waals surface area (Å²) < 4.78 is 13.2.